The van der Waals surface area contributed by atoms with Crippen molar-refractivity contribution < 1.29 is 0 Å². The van der Waals surface area contributed by atoms with Crippen LogP contribution in [0.3, 0.4) is 0 Å². The van der Waals surface area contributed by atoms with Gasteiger partial charge >= 0.3 is 0 Å². The van der Waals surface area contributed by atoms with Crippen molar-refractivity contribution in [2.75, 3.05) is 5.73 Å². The van der Waals surface area contributed by atoms with Gasteiger partial charge in [0.1, 0.15) is 0 Å². The molecule has 0 aliphatic heterocycles. The smallest absolute Gasteiger partial charge is 0.0607 e. The van der Waals surface area contributed by atoms with Crippen molar-refractivity contribution >= 4 is 5.69 Å². The summed E-state index contributed by atoms with van der Waals surface area (Å²) >= 11 is 0. The maximum absolute atomic E-state index is 5.79. The van der Waals surface area contributed by atoms with Gasteiger partial charge in [0.2, 0.25) is 0 Å². The Morgan fingerprint density at radius 2 is 1.45 bits per heavy atom. The van der Waals surface area contributed by atoms with Crippen LogP contribution >= 0.6 is 0 Å². The molecule has 1 aromatic rings. The molecule has 2 heteroatoms. The average molecular weight is 150 g/mol. The molecular weight excluding hydrogens is 136 g/mol. The minimum absolute atomic E-state index is 0.827. The third-order valence-electron chi connectivity index (χ3n) is 2.23. The molecule has 0 bridgehead atoms. The van der Waals surface area contributed by atoms with Gasteiger partial charge in [-0.2, -0.15) is 0 Å². The molecule has 0 spiro atoms. The fraction of sp³-hybridized carbons (Fsp3) is 0.444. The number of pyridine rings is 1. The van der Waals surface area contributed by atoms with E-state index in [9.17, 15) is 0 Å². The molecular formula is C9H14N2. The Kier molecular flexibility index (Phi) is 1.85. The van der Waals surface area contributed by atoms with Gasteiger partial charge in [0, 0.05) is 5.69 Å². The SMILES string of the molecule is Cc1nc(C)c(N)c(C)c1C. The molecule has 0 unspecified atom stereocenters. The molecule has 0 aromatic carbocycles. The first-order valence-corrected chi connectivity index (χ1v) is 3.74. The minimum Gasteiger partial charge on any atom is -0.397 e. The quantitative estimate of drug-likeness (QED) is 0.613. The van der Waals surface area contributed by atoms with E-state index in [4.69, 9.17) is 5.73 Å². The second-order valence-electron chi connectivity index (χ2n) is 2.95. The van der Waals surface area contributed by atoms with Crippen molar-refractivity contribution in [3.05, 3.63) is 22.5 Å². The fourth-order valence-corrected chi connectivity index (χ4v) is 1.14. The van der Waals surface area contributed by atoms with Crippen molar-refractivity contribution in [1.82, 2.24) is 4.98 Å². The molecule has 0 fully saturated rings. The van der Waals surface area contributed by atoms with Crippen molar-refractivity contribution in [2.45, 2.75) is 27.7 Å². The summed E-state index contributed by atoms with van der Waals surface area (Å²) in [5.74, 6) is 0. The zero-order chi connectivity index (χ0) is 8.59. The number of nitrogens with two attached hydrogens (primary N) is 1. The highest BCUT2D eigenvalue weighted by molar-refractivity contribution is 5.53. The molecule has 0 aliphatic rings. The third kappa shape index (κ3) is 1.20. The van der Waals surface area contributed by atoms with Gasteiger partial charge in [-0.1, -0.05) is 0 Å². The Bertz CT molecular complexity index is 264. The van der Waals surface area contributed by atoms with Crippen molar-refractivity contribution in [3.8, 4) is 0 Å². The topological polar surface area (TPSA) is 38.9 Å². The summed E-state index contributed by atoms with van der Waals surface area (Å²) in [6.45, 7) is 8.03. The second-order valence-corrected chi connectivity index (χ2v) is 2.95. The van der Waals surface area contributed by atoms with E-state index in [1.807, 2.05) is 27.7 Å². The van der Waals surface area contributed by atoms with Gasteiger partial charge in [-0.3, -0.25) is 4.98 Å². The maximum Gasteiger partial charge on any atom is 0.0607 e. The molecule has 1 aromatic heterocycles. The van der Waals surface area contributed by atoms with E-state index in [1.54, 1.807) is 0 Å². The molecule has 0 saturated heterocycles. The highest BCUT2D eigenvalue weighted by atomic mass is 14.8. The van der Waals surface area contributed by atoms with Crippen LogP contribution in [-0.2, 0) is 0 Å². The zero-order valence-electron chi connectivity index (χ0n) is 7.52. The van der Waals surface area contributed by atoms with Crippen LogP contribution < -0.4 is 5.73 Å². The van der Waals surface area contributed by atoms with Gasteiger partial charge in [0.25, 0.3) is 0 Å². The molecule has 0 radical (unpaired) electrons. The first kappa shape index (κ1) is 8.05. The number of nitrogen functional groups attached to an aromatic ring is 1. The molecule has 11 heavy (non-hydrogen) atoms. The molecule has 1 rings (SSSR count). The Morgan fingerprint density at radius 1 is 0.909 bits per heavy atom. The molecule has 0 amide bonds. The molecule has 0 atom stereocenters. The van der Waals surface area contributed by atoms with Crippen LogP contribution in [0.25, 0.3) is 0 Å². The predicted molar refractivity (Wildman–Crippen MR) is 47.6 cm³/mol. The number of hydrogen-bond donors (Lipinski definition) is 1. The molecule has 0 aliphatic carbocycles. The molecule has 2 nitrogen and oxygen atoms in total. The number of hydrogen-bond acceptors (Lipinski definition) is 2. The van der Waals surface area contributed by atoms with E-state index in [2.05, 4.69) is 4.98 Å². The van der Waals surface area contributed by atoms with Gasteiger partial charge in [-0.25, -0.2) is 0 Å². The van der Waals surface area contributed by atoms with Gasteiger partial charge in [0.05, 0.1) is 11.4 Å². The first-order valence-electron chi connectivity index (χ1n) is 3.74. The first-order chi connectivity index (χ1) is 5.04. The third-order valence-corrected chi connectivity index (χ3v) is 2.23. The zero-order valence-corrected chi connectivity index (χ0v) is 7.52. The van der Waals surface area contributed by atoms with Crippen molar-refractivity contribution in [1.29, 1.82) is 0 Å². The van der Waals surface area contributed by atoms with Crippen LogP contribution in [0.2, 0.25) is 0 Å². The largest absolute Gasteiger partial charge is 0.397 e. The summed E-state index contributed by atoms with van der Waals surface area (Å²) in [6.07, 6.45) is 0. The lowest BCUT2D eigenvalue weighted by atomic mass is 10.1. The van der Waals surface area contributed by atoms with Gasteiger partial charge < -0.3 is 5.73 Å². The van der Waals surface area contributed by atoms with E-state index in [1.165, 1.54) is 5.56 Å². The van der Waals surface area contributed by atoms with Crippen LogP contribution in [0.4, 0.5) is 5.69 Å². The molecule has 2 N–H and O–H groups in total. The van der Waals surface area contributed by atoms with E-state index in [0.717, 1.165) is 22.6 Å². The minimum atomic E-state index is 0.827. The monoisotopic (exact) mass is 150 g/mol. The Labute approximate surface area is 67.5 Å². The lowest BCUT2D eigenvalue weighted by molar-refractivity contribution is 1.07. The van der Waals surface area contributed by atoms with E-state index >= 15 is 0 Å². The van der Waals surface area contributed by atoms with Crippen molar-refractivity contribution in [3.63, 3.8) is 0 Å². The number of rotatable bonds is 0. The maximum atomic E-state index is 5.79. The summed E-state index contributed by atoms with van der Waals surface area (Å²) in [4.78, 5) is 4.31. The highest BCUT2D eigenvalue weighted by Crippen LogP contribution is 2.19. The molecule has 1 heterocycles. The van der Waals surface area contributed by atoms with Crippen LogP contribution in [0.15, 0.2) is 0 Å². The average Bonchev–Trinajstić information content (AvgIpc) is 1.97. The Balaban J connectivity index is 3.46. The summed E-state index contributed by atoms with van der Waals surface area (Å²) in [6, 6.07) is 0. The highest BCUT2D eigenvalue weighted by Gasteiger charge is 2.04. The standard InChI is InChI=1S/C9H14N2/c1-5-6(2)9(10)8(4)11-7(5)3/h10H2,1-4H3. The van der Waals surface area contributed by atoms with Gasteiger partial charge in [0.15, 0.2) is 0 Å². The summed E-state index contributed by atoms with van der Waals surface area (Å²) < 4.78 is 0. The molecule has 0 saturated carbocycles. The van der Waals surface area contributed by atoms with Crippen LogP contribution in [0.1, 0.15) is 22.5 Å². The van der Waals surface area contributed by atoms with Crippen LogP contribution in [0, 0.1) is 27.7 Å². The number of aryl methyl sites for hydroxylation is 2. The number of nitrogens with zero attached hydrogens (tertiary/aromatic N) is 1. The van der Waals surface area contributed by atoms with Crippen LogP contribution in [0.5, 0.6) is 0 Å². The van der Waals surface area contributed by atoms with Crippen molar-refractivity contribution in [2.24, 2.45) is 0 Å². The summed E-state index contributed by atoms with van der Waals surface area (Å²) in [7, 11) is 0. The summed E-state index contributed by atoms with van der Waals surface area (Å²) in [5.41, 5.74) is 11.0. The fourth-order valence-electron chi connectivity index (χ4n) is 1.14. The Morgan fingerprint density at radius 3 is 2.00 bits per heavy atom. The Hall–Kier alpha value is -1.05. The van der Waals surface area contributed by atoms with Gasteiger partial charge in [-0.15, -0.1) is 0 Å². The lowest BCUT2D eigenvalue weighted by Crippen LogP contribution is -2.01. The molecule has 60 valence electrons. The summed E-state index contributed by atoms with van der Waals surface area (Å²) in [5, 5.41) is 0. The number of anilines is 1. The predicted octanol–water partition coefficient (Wildman–Crippen LogP) is 1.90. The number of aromatic nitrogens is 1. The lowest BCUT2D eigenvalue weighted by Gasteiger charge is -2.09. The second kappa shape index (κ2) is 2.53. The van der Waals surface area contributed by atoms with Gasteiger partial charge in [-0.05, 0) is 38.8 Å². The van der Waals surface area contributed by atoms with E-state index in [0.29, 0.717) is 0 Å². The van der Waals surface area contributed by atoms with Crippen LogP contribution in [-0.4, -0.2) is 4.98 Å². The van der Waals surface area contributed by atoms with E-state index in [-0.39, 0.29) is 0 Å². The normalized spacial score (nSPS) is 10.2. The van der Waals surface area contributed by atoms with E-state index < -0.39 is 0 Å².